The molecule has 0 saturated heterocycles. The normalized spacial score (nSPS) is 43.2. The van der Waals surface area contributed by atoms with Crippen LogP contribution < -0.4 is 0 Å². The standard InChI is InChI=1S/C19H30O2/c1-3-4-17-16-8-6-14(20)11-13(16)5-7-18(17)15-9-10-19(21)12(15)2/h8,11-12,14-15,17-21H,3-7,9-10H2,1-2H3/t12-,14?,15-,17-,18+,19-/m1/s1. The van der Waals surface area contributed by atoms with Crippen LogP contribution in [0.15, 0.2) is 23.3 Å². The van der Waals surface area contributed by atoms with Gasteiger partial charge < -0.3 is 10.2 Å². The zero-order valence-electron chi connectivity index (χ0n) is 13.5. The molecule has 2 nitrogen and oxygen atoms in total. The maximum absolute atomic E-state index is 10.1. The van der Waals surface area contributed by atoms with E-state index in [9.17, 15) is 10.2 Å². The zero-order chi connectivity index (χ0) is 15.0. The van der Waals surface area contributed by atoms with Crippen molar-refractivity contribution in [3.05, 3.63) is 23.3 Å². The Balaban J connectivity index is 1.83. The number of aliphatic hydroxyl groups excluding tert-OH is 2. The number of allylic oxidation sites excluding steroid dienone is 2. The minimum absolute atomic E-state index is 0.0867. The molecule has 2 saturated carbocycles. The summed E-state index contributed by atoms with van der Waals surface area (Å²) >= 11 is 0. The van der Waals surface area contributed by atoms with Gasteiger partial charge in [-0.15, -0.1) is 0 Å². The monoisotopic (exact) mass is 290 g/mol. The van der Waals surface area contributed by atoms with Gasteiger partial charge in [0.05, 0.1) is 12.2 Å². The Bertz CT molecular complexity index is 437. The van der Waals surface area contributed by atoms with Crippen molar-refractivity contribution in [2.24, 2.45) is 23.7 Å². The summed E-state index contributed by atoms with van der Waals surface area (Å²) in [7, 11) is 0. The van der Waals surface area contributed by atoms with Crippen LogP contribution in [0.25, 0.3) is 0 Å². The fraction of sp³-hybridized carbons (Fsp3) is 0.789. The van der Waals surface area contributed by atoms with Gasteiger partial charge in [-0.3, -0.25) is 0 Å². The molecule has 0 aromatic rings. The highest BCUT2D eigenvalue weighted by Crippen LogP contribution is 2.50. The summed E-state index contributed by atoms with van der Waals surface area (Å²) in [6.07, 6.45) is 11.9. The molecule has 0 aromatic carbocycles. The lowest BCUT2D eigenvalue weighted by Crippen LogP contribution is -2.33. The van der Waals surface area contributed by atoms with E-state index in [4.69, 9.17) is 0 Å². The quantitative estimate of drug-likeness (QED) is 0.829. The SMILES string of the molecule is CCC[C@@H]1C2=CCC(O)C=C2CC[C@H]1[C@@H]1CC[C@@H](O)[C@@H]1C. The number of rotatable bonds is 3. The van der Waals surface area contributed by atoms with Crippen molar-refractivity contribution in [1.29, 1.82) is 0 Å². The van der Waals surface area contributed by atoms with E-state index < -0.39 is 0 Å². The Morgan fingerprint density at radius 2 is 1.95 bits per heavy atom. The molecule has 0 aliphatic heterocycles. The lowest BCUT2D eigenvalue weighted by atomic mass is 9.63. The van der Waals surface area contributed by atoms with E-state index >= 15 is 0 Å². The summed E-state index contributed by atoms with van der Waals surface area (Å²) in [5.74, 6) is 2.52. The van der Waals surface area contributed by atoms with Crippen LogP contribution in [0.3, 0.4) is 0 Å². The van der Waals surface area contributed by atoms with Gasteiger partial charge in [0.2, 0.25) is 0 Å². The molecule has 0 heterocycles. The van der Waals surface area contributed by atoms with Gasteiger partial charge in [-0.2, -0.15) is 0 Å². The highest BCUT2D eigenvalue weighted by molar-refractivity contribution is 5.39. The summed E-state index contributed by atoms with van der Waals surface area (Å²) < 4.78 is 0. The molecule has 0 spiro atoms. The first-order chi connectivity index (χ1) is 10.1. The van der Waals surface area contributed by atoms with Gasteiger partial charge in [0.15, 0.2) is 0 Å². The highest BCUT2D eigenvalue weighted by atomic mass is 16.3. The molecular formula is C19H30O2. The maximum atomic E-state index is 10.1. The second-order valence-corrected chi connectivity index (χ2v) is 7.42. The lowest BCUT2D eigenvalue weighted by molar-refractivity contribution is 0.0960. The van der Waals surface area contributed by atoms with Gasteiger partial charge >= 0.3 is 0 Å². The van der Waals surface area contributed by atoms with E-state index in [0.717, 1.165) is 25.2 Å². The predicted molar refractivity (Wildman–Crippen MR) is 85.8 cm³/mol. The Kier molecular flexibility index (Phi) is 4.56. The van der Waals surface area contributed by atoms with Crippen molar-refractivity contribution in [1.82, 2.24) is 0 Å². The van der Waals surface area contributed by atoms with E-state index in [2.05, 4.69) is 26.0 Å². The third-order valence-electron chi connectivity index (χ3n) is 6.23. The number of hydrogen-bond donors (Lipinski definition) is 2. The molecule has 1 unspecified atom stereocenters. The molecule has 3 rings (SSSR count). The van der Waals surface area contributed by atoms with Gasteiger partial charge in [0.25, 0.3) is 0 Å². The number of hydrogen-bond acceptors (Lipinski definition) is 2. The van der Waals surface area contributed by atoms with Gasteiger partial charge in [-0.05, 0) is 73.3 Å². The van der Waals surface area contributed by atoms with Crippen molar-refractivity contribution in [2.45, 2.75) is 71.0 Å². The molecule has 2 fully saturated rings. The van der Waals surface area contributed by atoms with E-state index in [0.29, 0.717) is 17.8 Å². The molecule has 118 valence electrons. The molecule has 3 aliphatic rings. The Hall–Kier alpha value is -0.600. The Morgan fingerprint density at radius 3 is 2.62 bits per heavy atom. The van der Waals surface area contributed by atoms with Crippen LogP contribution in [-0.4, -0.2) is 22.4 Å². The van der Waals surface area contributed by atoms with E-state index in [1.807, 2.05) is 0 Å². The van der Waals surface area contributed by atoms with Crippen LogP contribution in [0, 0.1) is 23.7 Å². The van der Waals surface area contributed by atoms with E-state index in [1.165, 1.54) is 36.8 Å². The summed E-state index contributed by atoms with van der Waals surface area (Å²) in [4.78, 5) is 0. The van der Waals surface area contributed by atoms with Gasteiger partial charge in [0.1, 0.15) is 0 Å². The molecule has 0 radical (unpaired) electrons. The van der Waals surface area contributed by atoms with Gasteiger partial charge in [-0.1, -0.05) is 32.4 Å². The summed E-state index contributed by atoms with van der Waals surface area (Å²) in [6, 6.07) is 0. The minimum Gasteiger partial charge on any atom is -0.393 e. The molecule has 2 heteroatoms. The average molecular weight is 290 g/mol. The maximum Gasteiger partial charge on any atom is 0.0761 e. The minimum atomic E-state index is -0.269. The van der Waals surface area contributed by atoms with Crippen LogP contribution in [0.2, 0.25) is 0 Å². The molecular weight excluding hydrogens is 260 g/mol. The number of aliphatic hydroxyl groups is 2. The van der Waals surface area contributed by atoms with Gasteiger partial charge in [-0.25, -0.2) is 0 Å². The van der Waals surface area contributed by atoms with Crippen molar-refractivity contribution in [2.75, 3.05) is 0 Å². The van der Waals surface area contributed by atoms with E-state index in [1.54, 1.807) is 0 Å². The Labute approximate surface area is 128 Å². The molecule has 21 heavy (non-hydrogen) atoms. The van der Waals surface area contributed by atoms with Crippen LogP contribution in [0.1, 0.15) is 58.8 Å². The van der Waals surface area contributed by atoms with Gasteiger partial charge in [0, 0.05) is 0 Å². The average Bonchev–Trinajstić information content (AvgIpc) is 2.79. The predicted octanol–water partition coefficient (Wildman–Crippen LogP) is 3.84. The van der Waals surface area contributed by atoms with E-state index in [-0.39, 0.29) is 12.2 Å². The first-order valence-electron chi connectivity index (χ1n) is 8.89. The molecule has 0 amide bonds. The van der Waals surface area contributed by atoms with Crippen molar-refractivity contribution in [3.63, 3.8) is 0 Å². The lowest BCUT2D eigenvalue weighted by Gasteiger charge is -2.42. The van der Waals surface area contributed by atoms with Crippen LogP contribution >= 0.6 is 0 Å². The fourth-order valence-corrected chi connectivity index (χ4v) is 5.12. The second kappa shape index (κ2) is 6.26. The van der Waals surface area contributed by atoms with Crippen LogP contribution in [0.4, 0.5) is 0 Å². The van der Waals surface area contributed by atoms with Crippen molar-refractivity contribution >= 4 is 0 Å². The van der Waals surface area contributed by atoms with Crippen LogP contribution in [0.5, 0.6) is 0 Å². The highest BCUT2D eigenvalue weighted by Gasteiger charge is 2.42. The number of fused-ring (bicyclic) bond motifs is 1. The van der Waals surface area contributed by atoms with Crippen LogP contribution in [-0.2, 0) is 0 Å². The molecule has 2 N–H and O–H groups in total. The molecule has 3 aliphatic carbocycles. The smallest absolute Gasteiger partial charge is 0.0761 e. The van der Waals surface area contributed by atoms with Crippen molar-refractivity contribution in [3.8, 4) is 0 Å². The molecule has 0 aromatic heterocycles. The fourth-order valence-electron chi connectivity index (χ4n) is 5.12. The third-order valence-corrected chi connectivity index (χ3v) is 6.23. The summed E-state index contributed by atoms with van der Waals surface area (Å²) in [5.41, 5.74) is 2.95. The zero-order valence-corrected chi connectivity index (χ0v) is 13.5. The second-order valence-electron chi connectivity index (χ2n) is 7.42. The summed E-state index contributed by atoms with van der Waals surface area (Å²) in [5, 5.41) is 20.0. The first-order valence-corrected chi connectivity index (χ1v) is 8.89. The molecule has 6 atom stereocenters. The largest absolute Gasteiger partial charge is 0.393 e. The third kappa shape index (κ3) is 2.85. The topological polar surface area (TPSA) is 40.5 Å². The van der Waals surface area contributed by atoms with Crippen molar-refractivity contribution < 1.29 is 10.2 Å². The summed E-state index contributed by atoms with van der Waals surface area (Å²) in [6.45, 7) is 4.52. The Morgan fingerprint density at radius 1 is 1.14 bits per heavy atom. The first kappa shape index (κ1) is 15.3. The molecule has 0 bridgehead atoms.